The molecule has 0 unspecified atom stereocenters. The number of carbonyl (C=O) groups is 1. The van der Waals surface area contributed by atoms with Gasteiger partial charge in [0.2, 0.25) is 0 Å². The third-order valence-electron chi connectivity index (χ3n) is 2.95. The first-order valence-corrected chi connectivity index (χ1v) is 7.11. The summed E-state index contributed by atoms with van der Waals surface area (Å²) in [5.41, 5.74) is 1.66. The Morgan fingerprint density at radius 1 is 1.09 bits per heavy atom. The van der Waals surface area contributed by atoms with Crippen molar-refractivity contribution in [1.29, 1.82) is 0 Å². The second-order valence-corrected chi connectivity index (χ2v) is 5.23. The van der Waals surface area contributed by atoms with Crippen LogP contribution in [0.3, 0.4) is 0 Å². The van der Waals surface area contributed by atoms with Gasteiger partial charge < -0.3 is 9.88 Å². The minimum Gasteiger partial charge on any atom is -0.321 e. The zero-order valence-electron chi connectivity index (χ0n) is 11.2. The van der Waals surface area contributed by atoms with E-state index >= 15 is 0 Å². The number of aromatic nitrogens is 3. The van der Waals surface area contributed by atoms with Crippen molar-refractivity contribution in [3.8, 4) is 5.69 Å². The first kappa shape index (κ1) is 14.6. The van der Waals surface area contributed by atoms with E-state index in [9.17, 15) is 4.79 Å². The van der Waals surface area contributed by atoms with Crippen molar-refractivity contribution in [2.45, 2.75) is 0 Å². The van der Waals surface area contributed by atoms with Crippen molar-refractivity contribution in [3.05, 3.63) is 71.0 Å². The van der Waals surface area contributed by atoms with Crippen LogP contribution in [0.2, 0.25) is 10.2 Å². The molecule has 0 spiro atoms. The first-order valence-electron chi connectivity index (χ1n) is 6.35. The second kappa shape index (κ2) is 6.17. The Kier molecular flexibility index (Phi) is 4.09. The molecule has 1 N–H and O–H groups in total. The van der Waals surface area contributed by atoms with Crippen LogP contribution in [0.5, 0.6) is 0 Å². The summed E-state index contributed by atoms with van der Waals surface area (Å²) in [6.45, 7) is 0. The highest BCUT2D eigenvalue weighted by Crippen LogP contribution is 2.19. The smallest absolute Gasteiger partial charge is 0.275 e. The minimum atomic E-state index is -0.414. The average molecular weight is 333 g/mol. The topological polar surface area (TPSA) is 59.8 Å². The second-order valence-electron chi connectivity index (χ2n) is 4.44. The van der Waals surface area contributed by atoms with E-state index in [4.69, 9.17) is 23.2 Å². The standard InChI is InChI=1S/C15H10Cl2N4O/c16-12-5-6-13(17)20-14(12)15(22)19-10-1-3-11(4-2-10)21-8-7-18-9-21/h1-9H,(H,19,22). The van der Waals surface area contributed by atoms with Gasteiger partial charge in [-0.25, -0.2) is 9.97 Å². The quantitative estimate of drug-likeness (QED) is 0.741. The lowest BCUT2D eigenvalue weighted by molar-refractivity contribution is 0.102. The van der Waals surface area contributed by atoms with Gasteiger partial charge in [0.15, 0.2) is 0 Å². The number of hydrogen-bond donors (Lipinski definition) is 1. The Morgan fingerprint density at radius 3 is 2.55 bits per heavy atom. The molecule has 110 valence electrons. The number of pyridine rings is 1. The summed E-state index contributed by atoms with van der Waals surface area (Å²) < 4.78 is 1.86. The maximum atomic E-state index is 12.2. The summed E-state index contributed by atoms with van der Waals surface area (Å²) in [4.78, 5) is 20.1. The fraction of sp³-hybridized carbons (Fsp3) is 0. The van der Waals surface area contributed by atoms with Gasteiger partial charge in [-0.1, -0.05) is 23.2 Å². The molecule has 5 nitrogen and oxygen atoms in total. The lowest BCUT2D eigenvalue weighted by Crippen LogP contribution is -2.14. The van der Waals surface area contributed by atoms with Gasteiger partial charge in [0.05, 0.1) is 11.3 Å². The van der Waals surface area contributed by atoms with Crippen molar-refractivity contribution < 1.29 is 4.79 Å². The van der Waals surface area contributed by atoms with Crippen LogP contribution in [-0.4, -0.2) is 20.4 Å². The van der Waals surface area contributed by atoms with Gasteiger partial charge in [-0.05, 0) is 36.4 Å². The zero-order chi connectivity index (χ0) is 15.5. The number of amides is 1. The van der Waals surface area contributed by atoms with Crippen LogP contribution in [0.1, 0.15) is 10.5 Å². The number of benzene rings is 1. The van der Waals surface area contributed by atoms with Gasteiger partial charge in [-0.3, -0.25) is 4.79 Å². The molecule has 0 bridgehead atoms. The third kappa shape index (κ3) is 3.10. The van der Waals surface area contributed by atoms with E-state index in [2.05, 4.69) is 15.3 Å². The van der Waals surface area contributed by atoms with Crippen molar-refractivity contribution in [2.24, 2.45) is 0 Å². The van der Waals surface area contributed by atoms with E-state index in [1.807, 2.05) is 22.9 Å². The van der Waals surface area contributed by atoms with Crippen molar-refractivity contribution in [3.63, 3.8) is 0 Å². The summed E-state index contributed by atoms with van der Waals surface area (Å²) in [6.07, 6.45) is 5.23. The maximum Gasteiger partial charge on any atom is 0.275 e. The van der Waals surface area contributed by atoms with Crippen LogP contribution in [0.25, 0.3) is 5.69 Å². The van der Waals surface area contributed by atoms with E-state index in [0.717, 1.165) is 5.69 Å². The Hall–Kier alpha value is -2.37. The van der Waals surface area contributed by atoms with Crippen molar-refractivity contribution in [1.82, 2.24) is 14.5 Å². The lowest BCUT2D eigenvalue weighted by atomic mass is 10.2. The molecule has 2 aromatic heterocycles. The maximum absolute atomic E-state index is 12.2. The lowest BCUT2D eigenvalue weighted by Gasteiger charge is -2.08. The van der Waals surface area contributed by atoms with Crippen LogP contribution < -0.4 is 5.32 Å². The summed E-state index contributed by atoms with van der Waals surface area (Å²) >= 11 is 11.7. The fourth-order valence-electron chi connectivity index (χ4n) is 1.90. The number of nitrogens with one attached hydrogen (secondary N) is 1. The van der Waals surface area contributed by atoms with Crippen molar-refractivity contribution in [2.75, 3.05) is 5.32 Å². The Bertz CT molecular complexity index is 801. The first-order chi connectivity index (χ1) is 10.6. The molecule has 0 aliphatic heterocycles. The van der Waals surface area contributed by atoms with Crippen LogP contribution in [0.4, 0.5) is 5.69 Å². The molecule has 3 aromatic rings. The number of hydrogen-bond acceptors (Lipinski definition) is 3. The highest BCUT2D eigenvalue weighted by Gasteiger charge is 2.13. The summed E-state index contributed by atoms with van der Waals surface area (Å²) in [7, 11) is 0. The molecule has 0 saturated heterocycles. The zero-order valence-corrected chi connectivity index (χ0v) is 12.7. The molecular formula is C15H10Cl2N4O. The van der Waals surface area contributed by atoms with Gasteiger partial charge in [-0.15, -0.1) is 0 Å². The summed E-state index contributed by atoms with van der Waals surface area (Å²) in [5, 5.41) is 3.19. The van der Waals surface area contributed by atoms with Gasteiger partial charge in [0.25, 0.3) is 5.91 Å². The molecular weight excluding hydrogens is 323 g/mol. The Labute approximate surface area is 136 Å². The Balaban J connectivity index is 1.78. The molecule has 0 atom stereocenters. The van der Waals surface area contributed by atoms with E-state index in [1.165, 1.54) is 12.1 Å². The number of nitrogens with zero attached hydrogens (tertiary/aromatic N) is 3. The minimum absolute atomic E-state index is 0.0906. The summed E-state index contributed by atoms with van der Waals surface area (Å²) in [5.74, 6) is -0.414. The molecule has 1 amide bonds. The average Bonchev–Trinajstić information content (AvgIpc) is 3.05. The van der Waals surface area contributed by atoms with E-state index < -0.39 is 5.91 Å². The van der Waals surface area contributed by atoms with Gasteiger partial charge in [-0.2, -0.15) is 0 Å². The molecule has 0 saturated carbocycles. The number of anilines is 1. The Morgan fingerprint density at radius 2 is 1.86 bits per heavy atom. The fourth-order valence-corrected chi connectivity index (χ4v) is 2.24. The van der Waals surface area contributed by atoms with Crippen molar-refractivity contribution >= 4 is 34.8 Å². The molecule has 0 radical (unpaired) electrons. The highest BCUT2D eigenvalue weighted by molar-refractivity contribution is 6.35. The van der Waals surface area contributed by atoms with E-state index in [1.54, 1.807) is 24.7 Å². The van der Waals surface area contributed by atoms with Crippen LogP contribution >= 0.6 is 23.2 Å². The monoisotopic (exact) mass is 332 g/mol. The normalized spacial score (nSPS) is 10.5. The van der Waals surface area contributed by atoms with Gasteiger partial charge >= 0.3 is 0 Å². The third-order valence-corrected chi connectivity index (χ3v) is 3.47. The highest BCUT2D eigenvalue weighted by atomic mass is 35.5. The molecule has 0 aliphatic carbocycles. The molecule has 2 heterocycles. The number of imidazole rings is 1. The molecule has 0 aliphatic rings. The van der Waals surface area contributed by atoms with Crippen LogP contribution in [0.15, 0.2) is 55.1 Å². The molecule has 3 rings (SSSR count). The van der Waals surface area contributed by atoms with E-state index in [0.29, 0.717) is 5.69 Å². The number of rotatable bonds is 3. The summed E-state index contributed by atoms with van der Waals surface area (Å²) in [6, 6.07) is 10.4. The number of carbonyl (C=O) groups excluding carboxylic acids is 1. The molecule has 0 fully saturated rings. The molecule has 7 heteroatoms. The predicted octanol–water partition coefficient (Wildman–Crippen LogP) is 3.83. The van der Waals surface area contributed by atoms with Crippen LogP contribution in [-0.2, 0) is 0 Å². The SMILES string of the molecule is O=C(Nc1ccc(-n2ccnc2)cc1)c1nc(Cl)ccc1Cl. The predicted molar refractivity (Wildman–Crippen MR) is 85.8 cm³/mol. The molecule has 1 aromatic carbocycles. The molecule has 22 heavy (non-hydrogen) atoms. The van der Waals surface area contributed by atoms with Crippen LogP contribution in [0, 0.1) is 0 Å². The number of halogens is 2. The largest absolute Gasteiger partial charge is 0.321 e. The van der Waals surface area contributed by atoms with Gasteiger partial charge in [0, 0.05) is 23.8 Å². The van der Waals surface area contributed by atoms with Gasteiger partial charge in [0.1, 0.15) is 10.8 Å². The van der Waals surface area contributed by atoms with E-state index in [-0.39, 0.29) is 15.9 Å².